The Hall–Kier alpha value is -0.550. The Bertz CT molecular complexity index is 278. The van der Waals surface area contributed by atoms with Crippen molar-refractivity contribution in [1.82, 2.24) is 0 Å². The Morgan fingerprint density at radius 2 is 0.760 bits per heavy atom. The summed E-state index contributed by atoms with van der Waals surface area (Å²) in [5, 5.41) is 6.81. The SMILES string of the molecule is CCCCCCCCCCCCCCCCCCCCCCC=C=N. The maximum Gasteiger partial charge on any atom is -0.0234 e. The molecule has 1 N–H and O–H groups in total. The van der Waals surface area contributed by atoms with Crippen molar-refractivity contribution in [1.29, 1.82) is 5.41 Å². The molecule has 0 aliphatic carbocycles. The molecule has 0 amide bonds. The number of hydrogen-bond donors (Lipinski definition) is 1. The van der Waals surface area contributed by atoms with Crippen LogP contribution in [0.3, 0.4) is 0 Å². The van der Waals surface area contributed by atoms with Crippen molar-refractivity contribution in [2.75, 3.05) is 0 Å². The van der Waals surface area contributed by atoms with Crippen molar-refractivity contribution in [3.63, 3.8) is 0 Å². The van der Waals surface area contributed by atoms with Gasteiger partial charge in [-0.15, -0.1) is 0 Å². The van der Waals surface area contributed by atoms with Gasteiger partial charge < -0.3 is 0 Å². The largest absolute Gasteiger partial charge is 0.259 e. The van der Waals surface area contributed by atoms with E-state index in [1.165, 1.54) is 128 Å². The van der Waals surface area contributed by atoms with Gasteiger partial charge in [-0.05, 0) is 24.8 Å². The van der Waals surface area contributed by atoms with Crippen molar-refractivity contribution in [3.8, 4) is 0 Å². The van der Waals surface area contributed by atoms with Gasteiger partial charge in [0.1, 0.15) is 0 Å². The first kappa shape index (κ1) is 24.5. The van der Waals surface area contributed by atoms with E-state index < -0.39 is 0 Å². The van der Waals surface area contributed by atoms with Crippen molar-refractivity contribution in [2.24, 2.45) is 0 Å². The predicted molar refractivity (Wildman–Crippen MR) is 115 cm³/mol. The molecule has 25 heavy (non-hydrogen) atoms. The zero-order valence-electron chi connectivity index (χ0n) is 17.4. The van der Waals surface area contributed by atoms with Crippen LogP contribution in [0.15, 0.2) is 6.08 Å². The second kappa shape index (κ2) is 23.4. The van der Waals surface area contributed by atoms with E-state index in [4.69, 9.17) is 5.41 Å². The molecule has 0 aliphatic heterocycles. The third kappa shape index (κ3) is 23.4. The van der Waals surface area contributed by atoms with Gasteiger partial charge in [-0.2, -0.15) is 0 Å². The molecule has 148 valence electrons. The van der Waals surface area contributed by atoms with Crippen LogP contribution in [0.4, 0.5) is 0 Å². The summed E-state index contributed by atoms with van der Waals surface area (Å²) in [5.74, 6) is 2.35. The lowest BCUT2D eigenvalue weighted by molar-refractivity contribution is 0.522. The Kier molecular flexibility index (Phi) is 22.9. The fourth-order valence-electron chi connectivity index (χ4n) is 3.57. The van der Waals surface area contributed by atoms with E-state index in [1.54, 1.807) is 0 Å². The van der Waals surface area contributed by atoms with Crippen molar-refractivity contribution >= 4 is 5.87 Å². The van der Waals surface area contributed by atoms with Crippen LogP contribution in [0.25, 0.3) is 0 Å². The molecule has 0 bridgehead atoms. The van der Waals surface area contributed by atoms with Crippen LogP contribution in [0.5, 0.6) is 0 Å². The van der Waals surface area contributed by atoms with Gasteiger partial charge in [0.15, 0.2) is 0 Å². The van der Waals surface area contributed by atoms with Gasteiger partial charge in [0.2, 0.25) is 0 Å². The van der Waals surface area contributed by atoms with Crippen LogP contribution < -0.4 is 0 Å². The van der Waals surface area contributed by atoms with Crippen molar-refractivity contribution in [3.05, 3.63) is 6.08 Å². The van der Waals surface area contributed by atoms with Gasteiger partial charge in [0.05, 0.1) is 0 Å². The normalized spacial score (nSPS) is 10.8. The summed E-state index contributed by atoms with van der Waals surface area (Å²) in [5.41, 5.74) is 0. The number of hydrogen-bond acceptors (Lipinski definition) is 1. The molecule has 0 aromatic heterocycles. The van der Waals surface area contributed by atoms with Crippen LogP contribution >= 0.6 is 0 Å². The molecule has 1 nitrogen and oxygen atoms in total. The monoisotopic (exact) mass is 349 g/mol. The van der Waals surface area contributed by atoms with Crippen LogP contribution in [0.2, 0.25) is 0 Å². The molecule has 0 rings (SSSR count). The summed E-state index contributed by atoms with van der Waals surface area (Å²) < 4.78 is 0. The lowest BCUT2D eigenvalue weighted by atomic mass is 10.0. The molecule has 0 heterocycles. The maximum atomic E-state index is 6.81. The first-order valence-electron chi connectivity index (χ1n) is 11.7. The van der Waals surface area contributed by atoms with Crippen LogP contribution in [0, 0.1) is 5.41 Å². The molecule has 0 radical (unpaired) electrons. The minimum Gasteiger partial charge on any atom is -0.259 e. The third-order valence-corrected chi connectivity index (χ3v) is 5.30. The topological polar surface area (TPSA) is 23.9 Å². The van der Waals surface area contributed by atoms with Crippen molar-refractivity contribution in [2.45, 2.75) is 142 Å². The van der Waals surface area contributed by atoms with Gasteiger partial charge in [0.25, 0.3) is 0 Å². The van der Waals surface area contributed by atoms with Gasteiger partial charge >= 0.3 is 0 Å². The second-order valence-corrected chi connectivity index (χ2v) is 7.85. The quantitative estimate of drug-likeness (QED) is 0.158. The summed E-state index contributed by atoms with van der Waals surface area (Å²) in [6.45, 7) is 2.29. The maximum absolute atomic E-state index is 6.81. The highest BCUT2D eigenvalue weighted by atomic mass is 14.3. The summed E-state index contributed by atoms with van der Waals surface area (Å²) in [4.78, 5) is 0. The Labute approximate surface area is 159 Å². The third-order valence-electron chi connectivity index (χ3n) is 5.30. The number of rotatable bonds is 21. The highest BCUT2D eigenvalue weighted by molar-refractivity contribution is 5.46. The average molecular weight is 350 g/mol. The molecule has 0 fully saturated rings. The van der Waals surface area contributed by atoms with E-state index in [9.17, 15) is 0 Å². The van der Waals surface area contributed by atoms with E-state index in [-0.39, 0.29) is 0 Å². The molecule has 0 spiro atoms. The van der Waals surface area contributed by atoms with Crippen molar-refractivity contribution < 1.29 is 0 Å². The highest BCUT2D eigenvalue weighted by Gasteiger charge is 1.95. The fourth-order valence-corrected chi connectivity index (χ4v) is 3.57. The standard InChI is InChI=1S/C24H47N/c1-2-3-4-5-6-7-8-9-10-11-12-13-14-15-16-17-18-19-20-21-22-23-24-25/h23,25H,2-22H2,1H3. The molecule has 0 aromatic carbocycles. The molecular weight excluding hydrogens is 302 g/mol. The number of unbranched alkanes of at least 4 members (excludes halogenated alkanes) is 20. The van der Waals surface area contributed by atoms with Gasteiger partial charge in [-0.25, -0.2) is 0 Å². The van der Waals surface area contributed by atoms with Crippen LogP contribution in [0.1, 0.15) is 142 Å². The van der Waals surface area contributed by atoms with E-state index in [0.29, 0.717) is 0 Å². The predicted octanol–water partition coefficient (Wildman–Crippen LogP) is 9.00. The summed E-state index contributed by atoms with van der Waals surface area (Å²) in [7, 11) is 0. The summed E-state index contributed by atoms with van der Waals surface area (Å²) in [6.07, 6.45) is 31.5. The van der Waals surface area contributed by atoms with Crippen LogP contribution in [-0.2, 0) is 0 Å². The number of allylic oxidation sites excluding steroid dienone is 1. The zero-order valence-corrected chi connectivity index (χ0v) is 17.4. The molecular formula is C24H47N. The smallest absolute Gasteiger partial charge is 0.0234 e. The highest BCUT2D eigenvalue weighted by Crippen LogP contribution is 2.14. The summed E-state index contributed by atoms with van der Waals surface area (Å²) in [6, 6.07) is 0. The first-order valence-corrected chi connectivity index (χ1v) is 11.7. The van der Waals surface area contributed by atoms with Gasteiger partial charge in [-0.3, -0.25) is 5.41 Å². The minimum atomic E-state index is 1.04. The molecule has 1 heteroatoms. The molecule has 0 saturated carbocycles. The van der Waals surface area contributed by atoms with Gasteiger partial charge in [0, 0.05) is 0 Å². The molecule has 0 atom stereocenters. The molecule has 0 saturated heterocycles. The Balaban J connectivity index is 2.97. The molecule has 0 aliphatic rings. The van der Waals surface area contributed by atoms with E-state index >= 15 is 0 Å². The van der Waals surface area contributed by atoms with Crippen LogP contribution in [-0.4, -0.2) is 5.87 Å². The molecule has 0 aromatic rings. The Morgan fingerprint density at radius 3 is 1.04 bits per heavy atom. The molecule has 0 unspecified atom stereocenters. The van der Waals surface area contributed by atoms with E-state index in [2.05, 4.69) is 12.8 Å². The first-order chi connectivity index (χ1) is 12.4. The van der Waals surface area contributed by atoms with Gasteiger partial charge in [-0.1, -0.05) is 129 Å². The number of nitrogens with one attached hydrogen (secondary N) is 1. The minimum absolute atomic E-state index is 1.04. The Morgan fingerprint density at radius 1 is 0.480 bits per heavy atom. The summed E-state index contributed by atoms with van der Waals surface area (Å²) >= 11 is 0. The van der Waals surface area contributed by atoms with E-state index in [1.807, 2.05) is 6.08 Å². The zero-order chi connectivity index (χ0) is 18.3. The second-order valence-electron chi connectivity index (χ2n) is 7.85. The fraction of sp³-hybridized carbons (Fsp3) is 0.917. The average Bonchev–Trinajstić information content (AvgIpc) is 2.63. The van der Waals surface area contributed by atoms with E-state index in [0.717, 1.165) is 6.42 Å². The lowest BCUT2D eigenvalue weighted by Gasteiger charge is -2.04. The lowest BCUT2D eigenvalue weighted by Crippen LogP contribution is -1.84.